The van der Waals surface area contributed by atoms with Gasteiger partial charge in [-0.2, -0.15) is 13.2 Å². The molecule has 0 fully saturated rings. The number of carboxylic acids is 1. The standard InChI is InChI=1S/C12H12F3NO4/c13-12(14,15)11(16,10(17)18)7-2-3-8-9(6-7)20-5-1-4-19-8/h2-3,6H,1,4-5,16H2,(H,17,18). The Hall–Kier alpha value is -1.96. The van der Waals surface area contributed by atoms with E-state index >= 15 is 0 Å². The third kappa shape index (κ3) is 2.26. The van der Waals surface area contributed by atoms with Crippen molar-refractivity contribution in [1.82, 2.24) is 0 Å². The van der Waals surface area contributed by atoms with Crippen molar-refractivity contribution in [1.29, 1.82) is 0 Å². The minimum atomic E-state index is -5.14. The summed E-state index contributed by atoms with van der Waals surface area (Å²) in [4.78, 5) is 11.0. The fourth-order valence-corrected chi connectivity index (χ4v) is 1.82. The molecule has 8 heteroatoms. The van der Waals surface area contributed by atoms with E-state index in [4.69, 9.17) is 20.3 Å². The van der Waals surface area contributed by atoms with Gasteiger partial charge in [-0.05, 0) is 17.7 Å². The van der Waals surface area contributed by atoms with Gasteiger partial charge in [0.25, 0.3) is 0 Å². The Bertz CT molecular complexity index is 532. The van der Waals surface area contributed by atoms with Gasteiger partial charge in [0.15, 0.2) is 11.5 Å². The van der Waals surface area contributed by atoms with Gasteiger partial charge in [0, 0.05) is 6.42 Å². The molecule has 2 rings (SSSR count). The molecule has 110 valence electrons. The van der Waals surface area contributed by atoms with Crippen molar-refractivity contribution in [2.75, 3.05) is 13.2 Å². The smallest absolute Gasteiger partial charge is 0.421 e. The van der Waals surface area contributed by atoms with Crippen molar-refractivity contribution in [2.24, 2.45) is 5.73 Å². The Labute approximate surface area is 112 Å². The summed E-state index contributed by atoms with van der Waals surface area (Å²) in [5, 5.41) is 8.86. The molecule has 0 amide bonds. The predicted octanol–water partition coefficient (Wildman–Crippen LogP) is 1.65. The molecule has 0 radical (unpaired) electrons. The maximum atomic E-state index is 13.0. The molecule has 1 aliphatic rings. The van der Waals surface area contributed by atoms with Gasteiger partial charge in [0.2, 0.25) is 5.54 Å². The summed E-state index contributed by atoms with van der Waals surface area (Å²) in [7, 11) is 0. The highest BCUT2D eigenvalue weighted by Gasteiger charge is 2.59. The van der Waals surface area contributed by atoms with E-state index in [9.17, 15) is 18.0 Å². The van der Waals surface area contributed by atoms with E-state index in [0.29, 0.717) is 13.0 Å². The van der Waals surface area contributed by atoms with Gasteiger partial charge in [-0.3, -0.25) is 0 Å². The van der Waals surface area contributed by atoms with Crippen LogP contribution in [-0.4, -0.2) is 30.5 Å². The Morgan fingerprint density at radius 2 is 1.80 bits per heavy atom. The summed E-state index contributed by atoms with van der Waals surface area (Å²) in [6, 6.07) is 3.17. The number of aliphatic carboxylic acids is 1. The number of alkyl halides is 3. The lowest BCUT2D eigenvalue weighted by Gasteiger charge is -2.28. The van der Waals surface area contributed by atoms with Crippen LogP contribution in [-0.2, 0) is 10.3 Å². The second-order valence-corrected chi connectivity index (χ2v) is 4.32. The second kappa shape index (κ2) is 4.86. The molecule has 0 saturated heterocycles. The maximum absolute atomic E-state index is 13.0. The molecule has 1 aromatic carbocycles. The molecule has 1 aromatic rings. The normalized spacial score (nSPS) is 18.0. The van der Waals surface area contributed by atoms with Crippen molar-refractivity contribution in [3.63, 3.8) is 0 Å². The van der Waals surface area contributed by atoms with Crippen molar-refractivity contribution in [3.05, 3.63) is 23.8 Å². The second-order valence-electron chi connectivity index (χ2n) is 4.32. The molecule has 1 atom stereocenters. The summed E-state index contributed by atoms with van der Waals surface area (Å²) >= 11 is 0. The van der Waals surface area contributed by atoms with Crippen LogP contribution in [0.2, 0.25) is 0 Å². The van der Waals surface area contributed by atoms with Gasteiger partial charge < -0.3 is 20.3 Å². The first-order chi connectivity index (χ1) is 9.26. The maximum Gasteiger partial charge on any atom is 0.421 e. The van der Waals surface area contributed by atoms with E-state index in [1.807, 2.05) is 0 Å². The van der Waals surface area contributed by atoms with Crippen molar-refractivity contribution >= 4 is 5.97 Å². The summed E-state index contributed by atoms with van der Waals surface area (Å²) in [5.74, 6) is -1.86. The molecule has 1 unspecified atom stereocenters. The van der Waals surface area contributed by atoms with E-state index in [1.165, 1.54) is 6.07 Å². The average molecular weight is 291 g/mol. The number of benzene rings is 1. The lowest BCUT2D eigenvalue weighted by atomic mass is 9.90. The number of carboxylic acid groups (broad SMARTS) is 1. The molecule has 3 N–H and O–H groups in total. The molecule has 1 heterocycles. The molecule has 0 saturated carbocycles. The fourth-order valence-electron chi connectivity index (χ4n) is 1.82. The summed E-state index contributed by atoms with van der Waals surface area (Å²) in [5.41, 5.74) is 0.993. The van der Waals surface area contributed by atoms with Crippen molar-refractivity contribution in [2.45, 2.75) is 18.1 Å². The fraction of sp³-hybridized carbons (Fsp3) is 0.417. The zero-order valence-electron chi connectivity index (χ0n) is 10.2. The lowest BCUT2D eigenvalue weighted by molar-refractivity contribution is -0.204. The van der Waals surface area contributed by atoms with Crippen LogP contribution in [0, 0.1) is 0 Å². The van der Waals surface area contributed by atoms with Gasteiger partial charge in [-0.25, -0.2) is 4.79 Å². The number of halogens is 3. The van der Waals surface area contributed by atoms with Gasteiger partial charge in [0.1, 0.15) is 0 Å². The molecule has 0 spiro atoms. The van der Waals surface area contributed by atoms with Crippen LogP contribution in [0.25, 0.3) is 0 Å². The average Bonchev–Trinajstić information content (AvgIpc) is 2.60. The topological polar surface area (TPSA) is 81.8 Å². The van der Waals surface area contributed by atoms with Crippen LogP contribution in [0.15, 0.2) is 18.2 Å². The highest BCUT2D eigenvalue weighted by molar-refractivity contribution is 5.82. The third-order valence-corrected chi connectivity index (χ3v) is 2.99. The van der Waals surface area contributed by atoms with Crippen molar-refractivity contribution < 1.29 is 32.5 Å². The van der Waals surface area contributed by atoms with Crippen LogP contribution in [0.3, 0.4) is 0 Å². The van der Waals surface area contributed by atoms with Gasteiger partial charge in [0.05, 0.1) is 13.2 Å². The number of hydrogen-bond acceptors (Lipinski definition) is 4. The molecule has 1 aliphatic heterocycles. The van der Waals surface area contributed by atoms with Crippen molar-refractivity contribution in [3.8, 4) is 11.5 Å². The highest BCUT2D eigenvalue weighted by atomic mass is 19.4. The van der Waals surface area contributed by atoms with Gasteiger partial charge >= 0.3 is 12.1 Å². The number of carbonyl (C=O) groups is 1. The summed E-state index contributed by atoms with van der Waals surface area (Å²) < 4.78 is 49.4. The molecule has 5 nitrogen and oxygen atoms in total. The van der Waals surface area contributed by atoms with Gasteiger partial charge in [-0.15, -0.1) is 0 Å². The first-order valence-electron chi connectivity index (χ1n) is 5.76. The Morgan fingerprint density at radius 3 is 2.35 bits per heavy atom. The molecule has 0 bridgehead atoms. The molecule has 20 heavy (non-hydrogen) atoms. The quantitative estimate of drug-likeness (QED) is 0.865. The minimum absolute atomic E-state index is 0.0559. The summed E-state index contributed by atoms with van der Waals surface area (Å²) in [6.07, 6.45) is -4.56. The SMILES string of the molecule is NC(C(=O)O)(c1ccc2c(c1)OCCCO2)C(F)(F)F. The number of ether oxygens (including phenoxy) is 2. The number of rotatable bonds is 2. The monoisotopic (exact) mass is 291 g/mol. The number of fused-ring (bicyclic) bond motifs is 1. The predicted molar refractivity (Wildman–Crippen MR) is 61.6 cm³/mol. The van der Waals surface area contributed by atoms with E-state index in [1.54, 1.807) is 0 Å². The van der Waals surface area contributed by atoms with Crippen LogP contribution in [0.1, 0.15) is 12.0 Å². The first kappa shape index (κ1) is 14.4. The third-order valence-electron chi connectivity index (χ3n) is 2.99. The Morgan fingerprint density at radius 1 is 1.20 bits per heavy atom. The highest BCUT2D eigenvalue weighted by Crippen LogP contribution is 2.40. The van der Waals surface area contributed by atoms with E-state index in [-0.39, 0.29) is 18.1 Å². The summed E-state index contributed by atoms with van der Waals surface area (Å²) in [6.45, 7) is 0.644. The van der Waals surface area contributed by atoms with Crippen LogP contribution in [0.4, 0.5) is 13.2 Å². The van der Waals surface area contributed by atoms with Crippen LogP contribution >= 0.6 is 0 Å². The Balaban J connectivity index is 2.51. The Kier molecular flexibility index (Phi) is 3.51. The lowest BCUT2D eigenvalue weighted by Crippen LogP contribution is -2.56. The molecular formula is C12H12F3NO4. The number of nitrogens with two attached hydrogens (primary N) is 1. The zero-order chi connectivity index (χ0) is 15.0. The molecular weight excluding hydrogens is 279 g/mol. The van der Waals surface area contributed by atoms with E-state index in [2.05, 4.69) is 0 Å². The largest absolute Gasteiger partial charge is 0.490 e. The molecule has 0 aromatic heterocycles. The van der Waals surface area contributed by atoms with Crippen LogP contribution in [0.5, 0.6) is 11.5 Å². The molecule has 0 aliphatic carbocycles. The van der Waals surface area contributed by atoms with Crippen LogP contribution < -0.4 is 15.2 Å². The first-order valence-corrected chi connectivity index (χ1v) is 5.76. The minimum Gasteiger partial charge on any atom is -0.490 e. The zero-order valence-corrected chi connectivity index (χ0v) is 10.2. The number of hydrogen-bond donors (Lipinski definition) is 2. The van der Waals surface area contributed by atoms with E-state index in [0.717, 1.165) is 12.1 Å². The van der Waals surface area contributed by atoms with E-state index < -0.39 is 23.2 Å². The van der Waals surface area contributed by atoms with Gasteiger partial charge in [-0.1, -0.05) is 6.07 Å².